The Morgan fingerprint density at radius 1 is 1.16 bits per heavy atom. The molecule has 32 heavy (non-hydrogen) atoms. The average molecular weight is 435 g/mol. The second kappa shape index (κ2) is 9.36. The second-order valence-corrected chi connectivity index (χ2v) is 7.96. The summed E-state index contributed by atoms with van der Waals surface area (Å²) >= 11 is 0. The van der Waals surface area contributed by atoms with Crippen molar-refractivity contribution >= 4 is 22.7 Å². The number of nitrogens with one attached hydrogen (secondary N) is 1. The third kappa shape index (κ3) is 4.03. The van der Waals surface area contributed by atoms with Crippen molar-refractivity contribution in [3.63, 3.8) is 0 Å². The van der Waals surface area contributed by atoms with E-state index in [9.17, 15) is 14.7 Å². The number of rotatable bonds is 9. The topological polar surface area (TPSA) is 88.1 Å². The molecule has 1 aliphatic heterocycles. The number of hydrogen-bond acceptors (Lipinski definition) is 5. The van der Waals surface area contributed by atoms with Crippen LogP contribution >= 0.6 is 0 Å². The maximum absolute atomic E-state index is 13.5. The first-order valence-corrected chi connectivity index (χ1v) is 11.1. The fourth-order valence-electron chi connectivity index (χ4n) is 4.29. The minimum Gasteiger partial charge on any atom is -0.503 e. The van der Waals surface area contributed by atoms with E-state index in [-0.39, 0.29) is 11.3 Å². The van der Waals surface area contributed by atoms with Gasteiger partial charge in [0.2, 0.25) is 5.78 Å². The van der Waals surface area contributed by atoms with Crippen molar-refractivity contribution in [1.82, 2.24) is 9.88 Å². The maximum atomic E-state index is 13.5. The molecule has 7 nitrogen and oxygen atoms in total. The molecule has 0 fully saturated rings. The Labute approximate surface area is 187 Å². The van der Waals surface area contributed by atoms with Crippen LogP contribution in [0.5, 0.6) is 0 Å². The zero-order valence-corrected chi connectivity index (χ0v) is 18.4. The van der Waals surface area contributed by atoms with Crippen LogP contribution in [0.1, 0.15) is 42.6 Å². The zero-order chi connectivity index (χ0) is 22.7. The van der Waals surface area contributed by atoms with E-state index in [0.717, 1.165) is 31.4 Å². The van der Waals surface area contributed by atoms with Gasteiger partial charge in [0.1, 0.15) is 11.6 Å². The highest BCUT2D eigenvalue weighted by atomic mass is 16.3. The molecule has 0 aliphatic carbocycles. The number of ketones is 1. The van der Waals surface area contributed by atoms with E-state index < -0.39 is 23.5 Å². The molecule has 0 saturated heterocycles. The minimum atomic E-state index is -0.754. The van der Waals surface area contributed by atoms with Crippen molar-refractivity contribution in [2.24, 2.45) is 0 Å². The fourth-order valence-corrected chi connectivity index (χ4v) is 4.29. The molecule has 0 saturated carbocycles. The number of furan rings is 1. The Kier molecular flexibility index (Phi) is 6.37. The fraction of sp³-hybridized carbons (Fsp3) is 0.320. The molecule has 0 radical (unpaired) electrons. The Balaban J connectivity index is 1.67. The molecule has 1 atom stereocenters. The standard InChI is InChI=1S/C25H27N3O4/c1-3-27(4-2)14-9-15-28-22(18-11-7-8-13-26-18)21(24(30)25(28)31)23(29)20-16-17-10-5-6-12-19(17)32-20/h5-8,10-13,16,22,30H,3-4,9,14-15H2,1-2H3/p+1/t22-/m0/s1. The second-order valence-electron chi connectivity index (χ2n) is 7.96. The lowest BCUT2D eigenvalue weighted by molar-refractivity contribution is -0.896. The number of quaternary nitrogens is 1. The van der Waals surface area contributed by atoms with Crippen LogP contribution in [-0.2, 0) is 4.79 Å². The number of aliphatic hydroxyl groups is 1. The predicted molar refractivity (Wildman–Crippen MR) is 120 cm³/mol. The highest BCUT2D eigenvalue weighted by molar-refractivity contribution is 6.15. The molecule has 0 unspecified atom stereocenters. The van der Waals surface area contributed by atoms with Gasteiger partial charge in [-0.3, -0.25) is 14.6 Å². The average Bonchev–Trinajstić information content (AvgIpc) is 3.37. The summed E-state index contributed by atoms with van der Waals surface area (Å²) in [7, 11) is 0. The largest absolute Gasteiger partial charge is 0.503 e. The van der Waals surface area contributed by atoms with Gasteiger partial charge in [0.25, 0.3) is 5.91 Å². The van der Waals surface area contributed by atoms with Crippen molar-refractivity contribution in [1.29, 1.82) is 0 Å². The third-order valence-corrected chi connectivity index (χ3v) is 6.09. The first-order valence-electron chi connectivity index (χ1n) is 11.1. The molecule has 1 aliphatic rings. The molecule has 3 heterocycles. The quantitative estimate of drug-likeness (QED) is 0.506. The number of Topliss-reactive ketones (excluding diaryl/α,β-unsaturated/α-hetero) is 1. The lowest BCUT2D eigenvalue weighted by Gasteiger charge is -2.26. The summed E-state index contributed by atoms with van der Waals surface area (Å²) in [5.74, 6) is -1.48. The molecule has 0 spiro atoms. The molecule has 1 amide bonds. The van der Waals surface area contributed by atoms with E-state index in [4.69, 9.17) is 4.42 Å². The Morgan fingerprint density at radius 3 is 2.59 bits per heavy atom. The first-order chi connectivity index (χ1) is 15.5. The van der Waals surface area contributed by atoms with Crippen LogP contribution in [0.25, 0.3) is 11.0 Å². The van der Waals surface area contributed by atoms with Crippen molar-refractivity contribution in [2.75, 3.05) is 26.2 Å². The summed E-state index contributed by atoms with van der Waals surface area (Å²) in [6, 6.07) is 13.6. The van der Waals surface area contributed by atoms with E-state index in [0.29, 0.717) is 17.8 Å². The molecule has 3 aromatic rings. The van der Waals surface area contributed by atoms with E-state index >= 15 is 0 Å². The van der Waals surface area contributed by atoms with Crippen molar-refractivity contribution in [3.8, 4) is 0 Å². The van der Waals surface area contributed by atoms with Gasteiger partial charge in [-0.05, 0) is 38.1 Å². The van der Waals surface area contributed by atoms with E-state index in [2.05, 4.69) is 18.8 Å². The lowest BCUT2D eigenvalue weighted by Crippen LogP contribution is -3.11. The number of carbonyl (C=O) groups excluding carboxylic acids is 2. The van der Waals surface area contributed by atoms with E-state index in [1.54, 1.807) is 35.4 Å². The molecular formula is C25H28N3O4+. The number of para-hydroxylation sites is 1. The lowest BCUT2D eigenvalue weighted by atomic mass is 9.98. The van der Waals surface area contributed by atoms with Gasteiger partial charge in [0, 0.05) is 24.5 Å². The van der Waals surface area contributed by atoms with Gasteiger partial charge in [0.15, 0.2) is 11.5 Å². The number of aliphatic hydroxyl groups excluding tert-OH is 1. The number of pyridine rings is 1. The number of fused-ring (bicyclic) bond motifs is 1. The monoisotopic (exact) mass is 434 g/mol. The van der Waals surface area contributed by atoms with Crippen molar-refractivity contribution < 1.29 is 24.0 Å². The highest BCUT2D eigenvalue weighted by Crippen LogP contribution is 2.38. The Morgan fingerprint density at radius 2 is 1.91 bits per heavy atom. The highest BCUT2D eigenvalue weighted by Gasteiger charge is 2.45. The molecule has 1 aromatic carbocycles. The van der Waals surface area contributed by atoms with E-state index in [1.165, 1.54) is 4.90 Å². The maximum Gasteiger partial charge on any atom is 0.290 e. The summed E-state index contributed by atoms with van der Waals surface area (Å²) in [5, 5.41) is 11.5. The molecule has 2 N–H and O–H groups in total. The van der Waals surface area contributed by atoms with Crippen LogP contribution in [0.15, 0.2) is 70.5 Å². The van der Waals surface area contributed by atoms with Crippen LogP contribution in [0.2, 0.25) is 0 Å². The number of amides is 1. The molecule has 4 rings (SSSR count). The number of nitrogens with zero attached hydrogens (tertiary/aromatic N) is 2. The smallest absolute Gasteiger partial charge is 0.290 e. The molecule has 166 valence electrons. The van der Waals surface area contributed by atoms with E-state index in [1.807, 2.05) is 24.3 Å². The summed E-state index contributed by atoms with van der Waals surface area (Å²) in [5.41, 5.74) is 1.14. The number of benzene rings is 1. The SMILES string of the molecule is CC[NH+](CC)CCCN1C(=O)C(O)=C(C(=O)c2cc3ccccc3o2)[C@@H]1c1ccccn1. The summed E-state index contributed by atoms with van der Waals surface area (Å²) in [6.45, 7) is 7.60. The van der Waals surface area contributed by atoms with Crippen LogP contribution < -0.4 is 4.90 Å². The predicted octanol–water partition coefficient (Wildman–Crippen LogP) is 2.72. The summed E-state index contributed by atoms with van der Waals surface area (Å²) in [4.78, 5) is 33.9. The van der Waals surface area contributed by atoms with Gasteiger partial charge in [0.05, 0.1) is 30.9 Å². The van der Waals surface area contributed by atoms with Crippen molar-refractivity contribution in [3.05, 3.63) is 77.5 Å². The summed E-state index contributed by atoms with van der Waals surface area (Å²) < 4.78 is 5.74. The molecular weight excluding hydrogens is 406 g/mol. The normalized spacial score (nSPS) is 16.5. The van der Waals surface area contributed by atoms with Crippen LogP contribution in [0.4, 0.5) is 0 Å². The Hall–Kier alpha value is -3.45. The molecule has 0 bridgehead atoms. The van der Waals surface area contributed by atoms with Gasteiger partial charge in [-0.1, -0.05) is 24.3 Å². The van der Waals surface area contributed by atoms with Gasteiger partial charge in [-0.15, -0.1) is 0 Å². The zero-order valence-electron chi connectivity index (χ0n) is 18.4. The van der Waals surface area contributed by atoms with Crippen LogP contribution in [0.3, 0.4) is 0 Å². The van der Waals surface area contributed by atoms with Gasteiger partial charge < -0.3 is 19.3 Å². The molecule has 2 aromatic heterocycles. The van der Waals surface area contributed by atoms with Gasteiger partial charge >= 0.3 is 0 Å². The number of aromatic nitrogens is 1. The summed E-state index contributed by atoms with van der Waals surface area (Å²) in [6.07, 6.45) is 2.38. The minimum absolute atomic E-state index is 0.0166. The van der Waals surface area contributed by atoms with Crippen LogP contribution in [-0.4, -0.2) is 52.9 Å². The van der Waals surface area contributed by atoms with Crippen molar-refractivity contribution in [2.45, 2.75) is 26.3 Å². The third-order valence-electron chi connectivity index (χ3n) is 6.09. The van der Waals surface area contributed by atoms with Gasteiger partial charge in [-0.2, -0.15) is 0 Å². The molecule has 7 heteroatoms. The number of hydrogen-bond donors (Lipinski definition) is 2. The van der Waals surface area contributed by atoms with Crippen LogP contribution in [0, 0.1) is 0 Å². The number of carbonyl (C=O) groups is 2. The Bertz CT molecular complexity index is 1120. The van der Waals surface area contributed by atoms with Gasteiger partial charge in [-0.25, -0.2) is 0 Å². The first kappa shape index (κ1) is 21.8.